The SMILES string of the molecule is Clc1ccc(Cc2nc(CSCc3ccco3)cs2)cc1Cl. The summed E-state index contributed by atoms with van der Waals surface area (Å²) in [5, 5.41) is 4.37. The molecule has 1 aromatic carbocycles. The number of thioether (sulfide) groups is 1. The van der Waals surface area contributed by atoms with Gasteiger partial charge in [0.1, 0.15) is 5.76 Å². The van der Waals surface area contributed by atoms with Gasteiger partial charge in [0.15, 0.2) is 0 Å². The summed E-state index contributed by atoms with van der Waals surface area (Å²) in [6.45, 7) is 0. The summed E-state index contributed by atoms with van der Waals surface area (Å²) in [7, 11) is 0. The zero-order valence-electron chi connectivity index (χ0n) is 11.6. The van der Waals surface area contributed by atoms with Crippen molar-refractivity contribution in [2.45, 2.75) is 17.9 Å². The zero-order chi connectivity index (χ0) is 15.4. The van der Waals surface area contributed by atoms with Crippen LogP contribution in [0.4, 0.5) is 0 Å². The zero-order valence-corrected chi connectivity index (χ0v) is 14.7. The van der Waals surface area contributed by atoms with Crippen molar-refractivity contribution in [2.24, 2.45) is 0 Å². The van der Waals surface area contributed by atoms with Crippen LogP contribution in [0.15, 0.2) is 46.4 Å². The van der Waals surface area contributed by atoms with Gasteiger partial charge in [-0.05, 0) is 29.8 Å². The Bertz CT molecular complexity index is 740. The van der Waals surface area contributed by atoms with Crippen molar-refractivity contribution < 1.29 is 4.42 Å². The average Bonchev–Trinajstić information content (AvgIpc) is 3.15. The molecule has 0 aliphatic rings. The summed E-state index contributed by atoms with van der Waals surface area (Å²) >= 11 is 15.5. The van der Waals surface area contributed by atoms with Gasteiger partial charge in [-0.2, -0.15) is 0 Å². The largest absolute Gasteiger partial charge is 0.468 e. The molecule has 0 atom stereocenters. The van der Waals surface area contributed by atoms with Gasteiger partial charge in [-0.1, -0.05) is 29.3 Å². The van der Waals surface area contributed by atoms with Crippen LogP contribution in [0.1, 0.15) is 22.0 Å². The van der Waals surface area contributed by atoms with Crippen LogP contribution in [0.5, 0.6) is 0 Å². The number of hydrogen-bond acceptors (Lipinski definition) is 4. The molecule has 0 spiro atoms. The molecule has 0 aliphatic heterocycles. The molecule has 0 aliphatic carbocycles. The summed E-state index contributed by atoms with van der Waals surface area (Å²) in [5.41, 5.74) is 2.23. The molecule has 114 valence electrons. The molecule has 3 rings (SSSR count). The lowest BCUT2D eigenvalue weighted by Gasteiger charge is -2.01. The van der Waals surface area contributed by atoms with Crippen molar-refractivity contribution >= 4 is 46.3 Å². The highest BCUT2D eigenvalue weighted by atomic mass is 35.5. The number of nitrogens with zero attached hydrogens (tertiary/aromatic N) is 1. The van der Waals surface area contributed by atoms with Crippen molar-refractivity contribution in [3.63, 3.8) is 0 Å². The third-order valence-corrected chi connectivity index (χ3v) is 5.64. The quantitative estimate of drug-likeness (QED) is 0.527. The second-order valence-electron chi connectivity index (χ2n) is 4.73. The Morgan fingerprint density at radius 2 is 2.05 bits per heavy atom. The van der Waals surface area contributed by atoms with Crippen LogP contribution in [-0.4, -0.2) is 4.98 Å². The lowest BCUT2D eigenvalue weighted by molar-refractivity contribution is 0.530. The summed E-state index contributed by atoms with van der Waals surface area (Å²) in [6.07, 6.45) is 2.48. The molecular formula is C16H13Cl2NOS2. The van der Waals surface area contributed by atoms with E-state index in [1.165, 1.54) is 0 Å². The molecule has 0 amide bonds. The topological polar surface area (TPSA) is 26.0 Å². The first-order chi connectivity index (χ1) is 10.7. The van der Waals surface area contributed by atoms with Gasteiger partial charge in [-0.3, -0.25) is 0 Å². The van der Waals surface area contributed by atoms with Crippen LogP contribution in [0.2, 0.25) is 10.0 Å². The van der Waals surface area contributed by atoms with Crippen LogP contribution >= 0.6 is 46.3 Å². The van der Waals surface area contributed by atoms with Crippen LogP contribution in [0, 0.1) is 0 Å². The molecule has 0 unspecified atom stereocenters. The number of halogens is 2. The van der Waals surface area contributed by atoms with E-state index >= 15 is 0 Å². The average molecular weight is 370 g/mol. The normalized spacial score (nSPS) is 11.0. The predicted octanol–water partition coefficient (Wildman–Crippen LogP) is 6.07. The van der Waals surface area contributed by atoms with Crippen LogP contribution in [0.25, 0.3) is 0 Å². The van der Waals surface area contributed by atoms with Gasteiger partial charge in [0.05, 0.1) is 32.8 Å². The van der Waals surface area contributed by atoms with Crippen molar-refractivity contribution in [2.75, 3.05) is 0 Å². The fraction of sp³-hybridized carbons (Fsp3) is 0.188. The van der Waals surface area contributed by atoms with Crippen molar-refractivity contribution in [3.8, 4) is 0 Å². The molecule has 3 aromatic rings. The summed E-state index contributed by atoms with van der Waals surface area (Å²) < 4.78 is 5.31. The highest BCUT2D eigenvalue weighted by Gasteiger charge is 2.06. The molecular weight excluding hydrogens is 357 g/mol. The van der Waals surface area contributed by atoms with Gasteiger partial charge >= 0.3 is 0 Å². The van der Waals surface area contributed by atoms with E-state index in [0.717, 1.165) is 40.0 Å². The molecule has 2 aromatic heterocycles. The Kier molecular flexibility index (Phi) is 5.47. The molecule has 0 N–H and O–H groups in total. The van der Waals surface area contributed by atoms with Crippen molar-refractivity contribution in [3.05, 3.63) is 74.0 Å². The maximum absolute atomic E-state index is 6.04. The molecule has 0 bridgehead atoms. The molecule has 0 saturated heterocycles. The maximum Gasteiger partial charge on any atom is 0.113 e. The van der Waals surface area contributed by atoms with E-state index in [9.17, 15) is 0 Å². The monoisotopic (exact) mass is 369 g/mol. The minimum absolute atomic E-state index is 0.583. The smallest absolute Gasteiger partial charge is 0.113 e. The Hall–Kier alpha value is -0.940. The van der Waals surface area contributed by atoms with Crippen molar-refractivity contribution in [1.29, 1.82) is 0 Å². The number of furan rings is 1. The van der Waals surface area contributed by atoms with Gasteiger partial charge in [-0.15, -0.1) is 23.1 Å². The summed E-state index contributed by atoms with van der Waals surface area (Å²) in [6, 6.07) is 9.61. The van der Waals surface area contributed by atoms with Gasteiger partial charge in [0, 0.05) is 17.6 Å². The first-order valence-corrected chi connectivity index (χ1v) is 9.47. The molecule has 0 saturated carbocycles. The minimum Gasteiger partial charge on any atom is -0.468 e. The molecule has 0 fully saturated rings. The summed E-state index contributed by atoms with van der Waals surface area (Å²) in [5.74, 6) is 2.75. The number of aromatic nitrogens is 1. The van der Waals surface area contributed by atoms with Crippen LogP contribution < -0.4 is 0 Å². The van der Waals surface area contributed by atoms with Gasteiger partial charge in [0.2, 0.25) is 0 Å². The van der Waals surface area contributed by atoms with Crippen LogP contribution in [0.3, 0.4) is 0 Å². The molecule has 6 heteroatoms. The lowest BCUT2D eigenvalue weighted by atomic mass is 10.2. The van der Waals surface area contributed by atoms with E-state index in [4.69, 9.17) is 27.6 Å². The van der Waals surface area contributed by atoms with Gasteiger partial charge < -0.3 is 4.42 Å². The first kappa shape index (κ1) is 15.9. The van der Waals surface area contributed by atoms with Crippen molar-refractivity contribution in [1.82, 2.24) is 4.98 Å². The van der Waals surface area contributed by atoms with E-state index in [1.807, 2.05) is 30.3 Å². The van der Waals surface area contributed by atoms with Gasteiger partial charge in [-0.25, -0.2) is 4.98 Å². The Balaban J connectivity index is 1.55. The standard InChI is InChI=1S/C16H13Cl2NOS2/c17-14-4-3-11(6-15(14)18)7-16-19-12(9-22-16)8-21-10-13-2-1-5-20-13/h1-6,9H,7-8,10H2. The van der Waals surface area contributed by atoms with Crippen LogP contribution in [-0.2, 0) is 17.9 Å². The number of benzene rings is 1. The lowest BCUT2D eigenvalue weighted by Crippen LogP contribution is -1.89. The third kappa shape index (κ3) is 4.29. The minimum atomic E-state index is 0.583. The molecule has 2 heterocycles. The maximum atomic E-state index is 6.04. The number of rotatable bonds is 6. The fourth-order valence-corrected chi connectivity index (χ4v) is 4.05. The Labute approximate surface area is 147 Å². The van der Waals surface area contributed by atoms with E-state index < -0.39 is 0 Å². The second-order valence-corrected chi connectivity index (χ2v) is 7.47. The predicted molar refractivity (Wildman–Crippen MR) is 95.1 cm³/mol. The number of hydrogen-bond donors (Lipinski definition) is 0. The Morgan fingerprint density at radius 3 is 2.82 bits per heavy atom. The van der Waals surface area contributed by atoms with E-state index in [2.05, 4.69) is 10.4 Å². The molecule has 2 nitrogen and oxygen atoms in total. The highest BCUT2D eigenvalue weighted by molar-refractivity contribution is 7.97. The highest BCUT2D eigenvalue weighted by Crippen LogP contribution is 2.25. The fourth-order valence-electron chi connectivity index (χ4n) is 1.97. The number of thiazole rings is 1. The second kappa shape index (κ2) is 7.55. The third-order valence-electron chi connectivity index (χ3n) is 3.01. The van der Waals surface area contributed by atoms with Gasteiger partial charge in [0.25, 0.3) is 0 Å². The Morgan fingerprint density at radius 1 is 1.14 bits per heavy atom. The van der Waals surface area contributed by atoms with E-state index in [-0.39, 0.29) is 0 Å². The first-order valence-electron chi connectivity index (χ1n) is 6.68. The summed E-state index contributed by atoms with van der Waals surface area (Å²) in [4.78, 5) is 4.67. The molecule has 0 radical (unpaired) electrons. The van der Waals surface area contributed by atoms with E-state index in [1.54, 1.807) is 29.4 Å². The molecule has 22 heavy (non-hydrogen) atoms. The van der Waals surface area contributed by atoms with E-state index in [0.29, 0.717) is 10.0 Å².